The maximum atomic E-state index is 3.44. The summed E-state index contributed by atoms with van der Waals surface area (Å²) < 4.78 is 0. The average Bonchev–Trinajstić information content (AvgIpc) is 2.30. The lowest BCUT2D eigenvalue weighted by atomic mass is 10.2. The SMILES string of the molecule is CCC(C)N1CCCCNC1. The summed E-state index contributed by atoms with van der Waals surface area (Å²) in [5.41, 5.74) is 0. The summed E-state index contributed by atoms with van der Waals surface area (Å²) in [6, 6.07) is 0.751. The van der Waals surface area contributed by atoms with Crippen LogP contribution in [-0.2, 0) is 0 Å². The topological polar surface area (TPSA) is 15.3 Å². The van der Waals surface area contributed by atoms with Crippen LogP contribution >= 0.6 is 0 Å². The number of nitrogens with one attached hydrogen (secondary N) is 1. The van der Waals surface area contributed by atoms with E-state index < -0.39 is 0 Å². The number of hydrogen-bond acceptors (Lipinski definition) is 2. The fraction of sp³-hybridized carbons (Fsp3) is 1.00. The van der Waals surface area contributed by atoms with Crippen LogP contribution in [0.15, 0.2) is 0 Å². The molecule has 1 atom stereocenters. The van der Waals surface area contributed by atoms with E-state index in [1.807, 2.05) is 0 Å². The van der Waals surface area contributed by atoms with Gasteiger partial charge in [-0.1, -0.05) is 6.92 Å². The second-order valence-electron chi connectivity index (χ2n) is 3.43. The highest BCUT2D eigenvalue weighted by Gasteiger charge is 2.12. The van der Waals surface area contributed by atoms with E-state index in [9.17, 15) is 0 Å². The van der Waals surface area contributed by atoms with E-state index in [-0.39, 0.29) is 0 Å². The molecule has 1 saturated heterocycles. The Labute approximate surface area is 70.0 Å². The second kappa shape index (κ2) is 4.73. The maximum Gasteiger partial charge on any atom is 0.0483 e. The molecule has 0 spiro atoms. The van der Waals surface area contributed by atoms with Crippen molar-refractivity contribution in [3.8, 4) is 0 Å². The molecule has 1 unspecified atom stereocenters. The fourth-order valence-corrected chi connectivity index (χ4v) is 1.50. The minimum Gasteiger partial charge on any atom is -0.304 e. The van der Waals surface area contributed by atoms with E-state index in [0.29, 0.717) is 0 Å². The Morgan fingerprint density at radius 1 is 1.45 bits per heavy atom. The van der Waals surface area contributed by atoms with Crippen LogP contribution < -0.4 is 5.32 Å². The van der Waals surface area contributed by atoms with Gasteiger partial charge in [0.05, 0.1) is 0 Å². The van der Waals surface area contributed by atoms with Gasteiger partial charge in [0.1, 0.15) is 0 Å². The van der Waals surface area contributed by atoms with E-state index in [4.69, 9.17) is 0 Å². The van der Waals surface area contributed by atoms with E-state index in [1.54, 1.807) is 0 Å². The zero-order chi connectivity index (χ0) is 8.10. The van der Waals surface area contributed by atoms with Gasteiger partial charge in [0, 0.05) is 12.7 Å². The van der Waals surface area contributed by atoms with Crippen molar-refractivity contribution in [2.75, 3.05) is 19.8 Å². The van der Waals surface area contributed by atoms with Crippen molar-refractivity contribution in [3.05, 3.63) is 0 Å². The lowest BCUT2D eigenvalue weighted by Crippen LogP contribution is -2.38. The Hall–Kier alpha value is -0.0800. The molecule has 0 saturated carbocycles. The van der Waals surface area contributed by atoms with Crippen LogP contribution in [0.25, 0.3) is 0 Å². The molecule has 0 aliphatic carbocycles. The van der Waals surface area contributed by atoms with Crippen LogP contribution in [0.1, 0.15) is 33.1 Å². The lowest BCUT2D eigenvalue weighted by molar-refractivity contribution is 0.202. The van der Waals surface area contributed by atoms with Crippen molar-refractivity contribution in [2.45, 2.75) is 39.2 Å². The quantitative estimate of drug-likeness (QED) is 0.650. The molecule has 0 radical (unpaired) electrons. The van der Waals surface area contributed by atoms with Gasteiger partial charge in [-0.15, -0.1) is 0 Å². The molecular formula is C9H20N2. The van der Waals surface area contributed by atoms with Crippen molar-refractivity contribution in [3.63, 3.8) is 0 Å². The zero-order valence-corrected chi connectivity index (χ0v) is 7.77. The zero-order valence-electron chi connectivity index (χ0n) is 7.77. The molecule has 1 fully saturated rings. The van der Waals surface area contributed by atoms with Gasteiger partial charge in [-0.3, -0.25) is 4.90 Å². The normalized spacial score (nSPS) is 24.5. The Morgan fingerprint density at radius 3 is 3.00 bits per heavy atom. The summed E-state index contributed by atoms with van der Waals surface area (Å²) in [5, 5.41) is 3.44. The highest BCUT2D eigenvalue weighted by atomic mass is 15.2. The van der Waals surface area contributed by atoms with Gasteiger partial charge in [-0.05, 0) is 39.3 Å². The highest BCUT2D eigenvalue weighted by Crippen LogP contribution is 2.06. The predicted octanol–water partition coefficient (Wildman–Crippen LogP) is 1.43. The third-order valence-electron chi connectivity index (χ3n) is 2.58. The smallest absolute Gasteiger partial charge is 0.0483 e. The second-order valence-corrected chi connectivity index (χ2v) is 3.43. The van der Waals surface area contributed by atoms with Gasteiger partial charge >= 0.3 is 0 Å². The van der Waals surface area contributed by atoms with Gasteiger partial charge in [0.25, 0.3) is 0 Å². The monoisotopic (exact) mass is 156 g/mol. The number of rotatable bonds is 2. The summed E-state index contributed by atoms with van der Waals surface area (Å²) in [6.45, 7) is 8.15. The minimum atomic E-state index is 0.751. The molecular weight excluding hydrogens is 136 g/mol. The first-order valence-electron chi connectivity index (χ1n) is 4.79. The summed E-state index contributed by atoms with van der Waals surface area (Å²) in [5.74, 6) is 0. The standard InChI is InChI=1S/C9H20N2/c1-3-9(2)11-7-5-4-6-10-8-11/h9-10H,3-8H2,1-2H3. The molecule has 0 aromatic heterocycles. The van der Waals surface area contributed by atoms with Crippen LogP contribution in [0.3, 0.4) is 0 Å². The molecule has 0 aromatic rings. The predicted molar refractivity (Wildman–Crippen MR) is 48.6 cm³/mol. The summed E-state index contributed by atoms with van der Waals surface area (Å²) in [4.78, 5) is 2.53. The van der Waals surface area contributed by atoms with E-state index in [2.05, 4.69) is 24.1 Å². The van der Waals surface area contributed by atoms with Gasteiger partial charge < -0.3 is 5.32 Å². The molecule has 0 bridgehead atoms. The van der Waals surface area contributed by atoms with Crippen molar-refractivity contribution in [1.29, 1.82) is 0 Å². The molecule has 1 aliphatic rings. The van der Waals surface area contributed by atoms with Crippen molar-refractivity contribution >= 4 is 0 Å². The largest absolute Gasteiger partial charge is 0.304 e. The number of nitrogens with zero attached hydrogens (tertiary/aromatic N) is 1. The van der Waals surface area contributed by atoms with Crippen LogP contribution in [0.2, 0.25) is 0 Å². The Kier molecular flexibility index (Phi) is 3.87. The van der Waals surface area contributed by atoms with Crippen molar-refractivity contribution < 1.29 is 0 Å². The maximum absolute atomic E-state index is 3.44. The lowest BCUT2D eigenvalue weighted by Gasteiger charge is -2.26. The van der Waals surface area contributed by atoms with Crippen LogP contribution in [0.5, 0.6) is 0 Å². The average molecular weight is 156 g/mol. The Morgan fingerprint density at radius 2 is 2.27 bits per heavy atom. The van der Waals surface area contributed by atoms with Crippen LogP contribution in [0, 0.1) is 0 Å². The molecule has 1 rings (SSSR count). The summed E-state index contributed by atoms with van der Waals surface area (Å²) >= 11 is 0. The summed E-state index contributed by atoms with van der Waals surface area (Å²) in [7, 11) is 0. The molecule has 1 heterocycles. The Balaban J connectivity index is 2.30. The molecule has 1 aliphatic heterocycles. The first kappa shape index (κ1) is 9.01. The van der Waals surface area contributed by atoms with E-state index in [0.717, 1.165) is 12.7 Å². The molecule has 0 amide bonds. The number of hydrogen-bond donors (Lipinski definition) is 1. The third kappa shape index (κ3) is 2.80. The van der Waals surface area contributed by atoms with Crippen molar-refractivity contribution in [1.82, 2.24) is 10.2 Å². The minimum absolute atomic E-state index is 0.751. The fourth-order valence-electron chi connectivity index (χ4n) is 1.50. The Bertz CT molecular complexity index is 95.7. The van der Waals surface area contributed by atoms with Gasteiger partial charge in [-0.25, -0.2) is 0 Å². The first-order valence-corrected chi connectivity index (χ1v) is 4.79. The first-order chi connectivity index (χ1) is 5.34. The van der Waals surface area contributed by atoms with Gasteiger partial charge in [0.2, 0.25) is 0 Å². The summed E-state index contributed by atoms with van der Waals surface area (Å²) in [6.07, 6.45) is 3.96. The van der Waals surface area contributed by atoms with E-state index in [1.165, 1.54) is 32.4 Å². The van der Waals surface area contributed by atoms with Crippen molar-refractivity contribution in [2.24, 2.45) is 0 Å². The molecule has 66 valence electrons. The highest BCUT2D eigenvalue weighted by molar-refractivity contribution is 4.67. The molecule has 2 heteroatoms. The molecule has 0 aromatic carbocycles. The third-order valence-corrected chi connectivity index (χ3v) is 2.58. The van der Waals surface area contributed by atoms with Gasteiger partial charge in [-0.2, -0.15) is 0 Å². The van der Waals surface area contributed by atoms with Gasteiger partial charge in [0.15, 0.2) is 0 Å². The molecule has 1 N–H and O–H groups in total. The van der Waals surface area contributed by atoms with Crippen LogP contribution in [-0.4, -0.2) is 30.7 Å². The van der Waals surface area contributed by atoms with E-state index >= 15 is 0 Å². The molecule has 2 nitrogen and oxygen atoms in total. The van der Waals surface area contributed by atoms with Crippen LogP contribution in [0.4, 0.5) is 0 Å². The molecule has 11 heavy (non-hydrogen) atoms.